The molecule has 0 fully saturated rings. The topological polar surface area (TPSA) is 41.6 Å². The minimum absolute atomic E-state index is 0.0408. The van der Waals surface area contributed by atoms with E-state index in [1.807, 2.05) is 66.5 Å². The predicted molar refractivity (Wildman–Crippen MR) is 109 cm³/mol. The average molecular weight is 354 g/mol. The molecule has 140 valence electrons. The van der Waals surface area contributed by atoms with E-state index in [4.69, 9.17) is 4.74 Å². The monoisotopic (exact) mass is 354 g/mol. The highest BCUT2D eigenvalue weighted by Gasteiger charge is 2.07. The van der Waals surface area contributed by atoms with Gasteiger partial charge in [-0.15, -0.1) is 0 Å². The van der Waals surface area contributed by atoms with Crippen LogP contribution in [0.3, 0.4) is 0 Å². The van der Waals surface area contributed by atoms with Crippen LogP contribution in [0.4, 0.5) is 11.4 Å². The number of carbonyl (C=O) groups excluding carboxylic acids is 1. The quantitative estimate of drug-likeness (QED) is 0.570. The number of nitrogens with one attached hydrogen (secondary N) is 1. The maximum Gasteiger partial charge on any atom is 0.243 e. The van der Waals surface area contributed by atoms with Crippen LogP contribution in [-0.2, 0) is 4.79 Å². The molecular formula is C22H30N2O2. The molecule has 0 aromatic heterocycles. The highest BCUT2D eigenvalue weighted by atomic mass is 16.5. The third kappa shape index (κ3) is 7.18. The summed E-state index contributed by atoms with van der Waals surface area (Å²) >= 11 is 0. The van der Waals surface area contributed by atoms with Crippen molar-refractivity contribution >= 4 is 17.3 Å². The van der Waals surface area contributed by atoms with Gasteiger partial charge in [0.1, 0.15) is 5.75 Å². The number of para-hydroxylation sites is 1. The molecule has 4 heteroatoms. The first-order valence-corrected chi connectivity index (χ1v) is 9.48. The van der Waals surface area contributed by atoms with E-state index in [9.17, 15) is 4.79 Å². The van der Waals surface area contributed by atoms with E-state index in [-0.39, 0.29) is 5.91 Å². The molecule has 0 aliphatic carbocycles. The molecule has 0 bridgehead atoms. The van der Waals surface area contributed by atoms with Gasteiger partial charge in [-0.3, -0.25) is 4.79 Å². The molecule has 2 rings (SSSR count). The standard InChI is InChI=1S/C22H30N2O2/c1-3-4-5-6-10-17-26-21-15-13-19(14-16-21)23-22(25)18-24(2)20-11-8-7-9-12-20/h7-9,11-16H,3-6,10,17-18H2,1-2H3,(H,23,25). The normalized spacial score (nSPS) is 10.4. The summed E-state index contributed by atoms with van der Waals surface area (Å²) in [5, 5.41) is 2.92. The van der Waals surface area contributed by atoms with Gasteiger partial charge in [-0.25, -0.2) is 0 Å². The van der Waals surface area contributed by atoms with Crippen LogP contribution < -0.4 is 15.0 Å². The van der Waals surface area contributed by atoms with Gasteiger partial charge >= 0.3 is 0 Å². The number of rotatable bonds is 11. The van der Waals surface area contributed by atoms with Crippen molar-refractivity contribution in [1.29, 1.82) is 0 Å². The Morgan fingerprint density at radius 2 is 1.65 bits per heavy atom. The fourth-order valence-corrected chi connectivity index (χ4v) is 2.72. The van der Waals surface area contributed by atoms with Crippen LogP contribution in [0.5, 0.6) is 5.75 Å². The number of anilines is 2. The largest absolute Gasteiger partial charge is 0.494 e. The second kappa shape index (κ2) is 11.2. The first-order valence-electron chi connectivity index (χ1n) is 9.48. The summed E-state index contributed by atoms with van der Waals surface area (Å²) in [5.41, 5.74) is 1.80. The van der Waals surface area contributed by atoms with Crippen molar-refractivity contribution in [2.45, 2.75) is 39.0 Å². The van der Waals surface area contributed by atoms with Crippen LogP contribution in [0.1, 0.15) is 39.0 Å². The molecule has 0 heterocycles. The van der Waals surface area contributed by atoms with Crippen molar-refractivity contribution in [2.75, 3.05) is 30.4 Å². The Labute approximate surface area is 157 Å². The maximum atomic E-state index is 12.2. The molecule has 0 radical (unpaired) electrons. The van der Waals surface area contributed by atoms with Gasteiger partial charge in [0.05, 0.1) is 13.2 Å². The molecule has 2 aromatic rings. The van der Waals surface area contributed by atoms with Crippen molar-refractivity contribution in [2.24, 2.45) is 0 Å². The number of benzene rings is 2. The number of nitrogens with zero attached hydrogens (tertiary/aromatic N) is 1. The Kier molecular flexibility index (Phi) is 8.53. The van der Waals surface area contributed by atoms with Crippen molar-refractivity contribution in [1.82, 2.24) is 0 Å². The van der Waals surface area contributed by atoms with Gasteiger partial charge < -0.3 is 15.0 Å². The molecule has 0 saturated carbocycles. The minimum Gasteiger partial charge on any atom is -0.494 e. The molecule has 0 atom stereocenters. The van der Waals surface area contributed by atoms with E-state index in [1.165, 1.54) is 25.7 Å². The number of hydrogen-bond donors (Lipinski definition) is 1. The van der Waals surface area contributed by atoms with Crippen molar-refractivity contribution < 1.29 is 9.53 Å². The fraction of sp³-hybridized carbons (Fsp3) is 0.409. The zero-order chi connectivity index (χ0) is 18.6. The molecule has 2 aromatic carbocycles. The third-order valence-corrected chi connectivity index (χ3v) is 4.23. The molecule has 0 aliphatic rings. The Morgan fingerprint density at radius 1 is 0.962 bits per heavy atom. The van der Waals surface area contributed by atoms with Crippen LogP contribution >= 0.6 is 0 Å². The summed E-state index contributed by atoms with van der Waals surface area (Å²) in [6.07, 6.45) is 6.15. The van der Waals surface area contributed by atoms with Gasteiger partial charge in [0.25, 0.3) is 0 Å². The number of amides is 1. The van der Waals surface area contributed by atoms with E-state index < -0.39 is 0 Å². The summed E-state index contributed by atoms with van der Waals surface area (Å²) in [6, 6.07) is 17.4. The lowest BCUT2D eigenvalue weighted by atomic mass is 10.2. The fourth-order valence-electron chi connectivity index (χ4n) is 2.72. The van der Waals surface area contributed by atoms with Crippen LogP contribution in [0, 0.1) is 0 Å². The van der Waals surface area contributed by atoms with E-state index in [0.29, 0.717) is 6.54 Å². The Bertz CT molecular complexity index is 641. The molecule has 26 heavy (non-hydrogen) atoms. The van der Waals surface area contributed by atoms with Gasteiger partial charge in [-0.05, 0) is 42.8 Å². The third-order valence-electron chi connectivity index (χ3n) is 4.23. The summed E-state index contributed by atoms with van der Waals surface area (Å²) in [5.74, 6) is 0.806. The highest BCUT2D eigenvalue weighted by Crippen LogP contribution is 2.17. The van der Waals surface area contributed by atoms with Crippen LogP contribution in [0.25, 0.3) is 0 Å². The smallest absolute Gasteiger partial charge is 0.243 e. The molecule has 0 saturated heterocycles. The van der Waals surface area contributed by atoms with Gasteiger partial charge in [-0.1, -0.05) is 50.8 Å². The SMILES string of the molecule is CCCCCCCOc1ccc(NC(=O)CN(C)c2ccccc2)cc1. The van der Waals surface area contributed by atoms with Crippen molar-refractivity contribution in [3.8, 4) is 5.75 Å². The average Bonchev–Trinajstić information content (AvgIpc) is 2.66. The summed E-state index contributed by atoms with van der Waals surface area (Å²) in [6.45, 7) is 3.27. The van der Waals surface area contributed by atoms with E-state index >= 15 is 0 Å². The van der Waals surface area contributed by atoms with Crippen molar-refractivity contribution in [3.05, 3.63) is 54.6 Å². The maximum absolute atomic E-state index is 12.2. The molecule has 1 amide bonds. The lowest BCUT2D eigenvalue weighted by molar-refractivity contribution is -0.114. The summed E-state index contributed by atoms with van der Waals surface area (Å²) < 4.78 is 5.75. The van der Waals surface area contributed by atoms with Crippen LogP contribution in [-0.4, -0.2) is 26.1 Å². The molecule has 0 spiro atoms. The number of unbranched alkanes of at least 4 members (excludes halogenated alkanes) is 4. The Hall–Kier alpha value is -2.49. The van der Waals surface area contributed by atoms with Gasteiger partial charge in [-0.2, -0.15) is 0 Å². The Balaban J connectivity index is 1.71. The number of ether oxygens (including phenoxy) is 1. The number of hydrogen-bond acceptors (Lipinski definition) is 3. The number of likely N-dealkylation sites (N-methyl/N-ethyl adjacent to an activating group) is 1. The van der Waals surface area contributed by atoms with Crippen LogP contribution in [0.2, 0.25) is 0 Å². The van der Waals surface area contributed by atoms with E-state index in [1.54, 1.807) is 0 Å². The summed E-state index contributed by atoms with van der Waals surface area (Å²) in [4.78, 5) is 14.1. The first-order chi connectivity index (χ1) is 12.7. The van der Waals surface area contributed by atoms with Crippen LogP contribution in [0.15, 0.2) is 54.6 Å². The zero-order valence-corrected chi connectivity index (χ0v) is 15.9. The van der Waals surface area contributed by atoms with Gasteiger partial charge in [0.2, 0.25) is 5.91 Å². The predicted octanol–water partition coefficient (Wildman–Crippen LogP) is 5.11. The highest BCUT2D eigenvalue weighted by molar-refractivity contribution is 5.94. The zero-order valence-electron chi connectivity index (χ0n) is 15.9. The molecule has 0 aliphatic heterocycles. The first kappa shape index (κ1) is 19.8. The van der Waals surface area contributed by atoms with E-state index in [0.717, 1.165) is 30.2 Å². The summed E-state index contributed by atoms with van der Waals surface area (Å²) in [7, 11) is 1.91. The van der Waals surface area contributed by atoms with E-state index in [2.05, 4.69) is 12.2 Å². The van der Waals surface area contributed by atoms with Gasteiger partial charge in [0.15, 0.2) is 0 Å². The minimum atomic E-state index is -0.0408. The number of carbonyl (C=O) groups is 1. The molecule has 1 N–H and O–H groups in total. The van der Waals surface area contributed by atoms with Gasteiger partial charge in [0, 0.05) is 18.4 Å². The second-order valence-corrected chi connectivity index (χ2v) is 6.53. The lowest BCUT2D eigenvalue weighted by Gasteiger charge is -2.18. The molecule has 0 unspecified atom stereocenters. The van der Waals surface area contributed by atoms with Crippen molar-refractivity contribution in [3.63, 3.8) is 0 Å². The second-order valence-electron chi connectivity index (χ2n) is 6.53. The molecular weight excluding hydrogens is 324 g/mol. The molecule has 4 nitrogen and oxygen atoms in total. The lowest BCUT2D eigenvalue weighted by Crippen LogP contribution is -2.29. The Morgan fingerprint density at radius 3 is 2.35 bits per heavy atom.